The number of hydrogen-bond donors (Lipinski definition) is 1. The maximum Gasteiger partial charge on any atom is 0.0452 e. The van der Waals surface area contributed by atoms with Crippen LogP contribution in [0, 0.1) is 0 Å². The van der Waals surface area contributed by atoms with Crippen molar-refractivity contribution in [1.29, 1.82) is 0 Å². The molecule has 1 fully saturated rings. The minimum Gasteiger partial charge on any atom is -0.399 e. The first kappa shape index (κ1) is 13.1. The molecule has 1 aromatic rings. The highest BCUT2D eigenvalue weighted by atomic mass is 35.5. The van der Waals surface area contributed by atoms with E-state index < -0.39 is 0 Å². The summed E-state index contributed by atoms with van der Waals surface area (Å²) in [6, 6.07) is 5.72. The predicted molar refractivity (Wildman–Crippen MR) is 77.7 cm³/mol. The summed E-state index contributed by atoms with van der Waals surface area (Å²) in [5.41, 5.74) is 7.73. The second-order valence-electron chi connectivity index (χ2n) is 4.80. The summed E-state index contributed by atoms with van der Waals surface area (Å²) in [5.74, 6) is 0. The Morgan fingerprint density at radius 2 is 2.00 bits per heavy atom. The molecule has 0 aliphatic carbocycles. The zero-order valence-corrected chi connectivity index (χ0v) is 11.9. The summed E-state index contributed by atoms with van der Waals surface area (Å²) in [4.78, 5) is 2.46. The van der Waals surface area contributed by atoms with Crippen LogP contribution in [0.15, 0.2) is 18.2 Å². The Kier molecular flexibility index (Phi) is 4.23. The molecular weight excluding hydrogens is 252 g/mol. The van der Waals surface area contributed by atoms with Crippen molar-refractivity contribution in [3.63, 3.8) is 0 Å². The number of nitrogens with two attached hydrogens (primary N) is 1. The van der Waals surface area contributed by atoms with E-state index in [1.165, 1.54) is 0 Å². The summed E-state index contributed by atoms with van der Waals surface area (Å²) >= 11 is 8.26. The number of nitrogen functional groups attached to an aromatic ring is 1. The van der Waals surface area contributed by atoms with Gasteiger partial charge in [-0.25, -0.2) is 0 Å². The maximum atomic E-state index is 6.20. The van der Waals surface area contributed by atoms with Crippen LogP contribution in [0.2, 0.25) is 5.02 Å². The molecule has 4 heteroatoms. The van der Waals surface area contributed by atoms with Crippen molar-refractivity contribution in [2.45, 2.75) is 30.9 Å². The molecule has 2 atom stereocenters. The van der Waals surface area contributed by atoms with Gasteiger partial charge in [0.25, 0.3) is 0 Å². The van der Waals surface area contributed by atoms with Gasteiger partial charge >= 0.3 is 0 Å². The molecule has 1 aliphatic rings. The minimum atomic E-state index is 0.693. The molecule has 0 radical (unpaired) electrons. The third-order valence-electron chi connectivity index (χ3n) is 2.96. The Bertz CT molecular complexity index is 387. The number of anilines is 1. The van der Waals surface area contributed by atoms with Gasteiger partial charge in [0.2, 0.25) is 0 Å². The molecule has 0 aromatic heterocycles. The molecule has 2 unspecified atom stereocenters. The highest BCUT2D eigenvalue weighted by Crippen LogP contribution is 2.27. The van der Waals surface area contributed by atoms with Gasteiger partial charge in [-0.1, -0.05) is 25.4 Å². The Morgan fingerprint density at radius 1 is 1.35 bits per heavy atom. The lowest BCUT2D eigenvalue weighted by Gasteiger charge is -2.34. The van der Waals surface area contributed by atoms with E-state index in [1.807, 2.05) is 18.2 Å². The normalized spacial score (nSPS) is 26.1. The first-order valence-electron chi connectivity index (χ1n) is 5.96. The van der Waals surface area contributed by atoms with Crippen LogP contribution in [0.3, 0.4) is 0 Å². The second kappa shape index (κ2) is 5.51. The predicted octanol–water partition coefficient (Wildman–Crippen LogP) is 3.25. The van der Waals surface area contributed by atoms with Crippen LogP contribution >= 0.6 is 23.4 Å². The van der Waals surface area contributed by atoms with Crippen LogP contribution in [0.5, 0.6) is 0 Å². The standard InChI is InChI=1S/C13H19ClN2S/c1-9-6-16(7-10(2)17-9)8-11-5-12(15)3-4-13(11)14/h3-5,9-10H,6-8,15H2,1-2H3. The zero-order valence-electron chi connectivity index (χ0n) is 10.3. The van der Waals surface area contributed by atoms with Crippen molar-refractivity contribution in [1.82, 2.24) is 4.90 Å². The second-order valence-corrected chi connectivity index (χ2v) is 7.09. The van der Waals surface area contributed by atoms with Gasteiger partial charge in [-0.15, -0.1) is 0 Å². The van der Waals surface area contributed by atoms with Crippen LogP contribution in [0.4, 0.5) is 5.69 Å². The van der Waals surface area contributed by atoms with Crippen LogP contribution in [0.1, 0.15) is 19.4 Å². The SMILES string of the molecule is CC1CN(Cc2cc(N)ccc2Cl)CC(C)S1. The third-order valence-corrected chi connectivity index (χ3v) is 4.56. The fourth-order valence-corrected chi connectivity index (χ4v) is 3.93. The van der Waals surface area contributed by atoms with Crippen molar-refractivity contribution in [3.05, 3.63) is 28.8 Å². The summed E-state index contributed by atoms with van der Waals surface area (Å²) in [5, 5.41) is 2.20. The Hall–Kier alpha value is -0.380. The highest BCUT2D eigenvalue weighted by Gasteiger charge is 2.22. The molecule has 1 saturated heterocycles. The van der Waals surface area contributed by atoms with E-state index >= 15 is 0 Å². The van der Waals surface area contributed by atoms with Gasteiger partial charge in [0, 0.05) is 40.8 Å². The van der Waals surface area contributed by atoms with Crippen LogP contribution in [0.25, 0.3) is 0 Å². The molecule has 0 bridgehead atoms. The molecule has 2 rings (SSSR count). The van der Waals surface area contributed by atoms with Gasteiger partial charge in [-0.05, 0) is 23.8 Å². The molecule has 0 amide bonds. The fraction of sp³-hybridized carbons (Fsp3) is 0.538. The van der Waals surface area contributed by atoms with Crippen molar-refractivity contribution in [2.24, 2.45) is 0 Å². The molecule has 0 spiro atoms. The minimum absolute atomic E-state index is 0.693. The highest BCUT2D eigenvalue weighted by molar-refractivity contribution is 8.00. The molecule has 1 heterocycles. The van der Waals surface area contributed by atoms with E-state index in [4.69, 9.17) is 17.3 Å². The van der Waals surface area contributed by atoms with Crippen LogP contribution in [-0.4, -0.2) is 28.5 Å². The number of hydrogen-bond acceptors (Lipinski definition) is 3. The molecule has 0 saturated carbocycles. The van der Waals surface area contributed by atoms with Gasteiger partial charge in [-0.3, -0.25) is 4.90 Å². The van der Waals surface area contributed by atoms with Gasteiger partial charge in [0.05, 0.1) is 0 Å². The van der Waals surface area contributed by atoms with Crippen LogP contribution < -0.4 is 5.73 Å². The zero-order chi connectivity index (χ0) is 12.4. The average Bonchev–Trinajstić information content (AvgIpc) is 2.22. The smallest absolute Gasteiger partial charge is 0.0452 e. The van der Waals surface area contributed by atoms with Gasteiger partial charge in [0.15, 0.2) is 0 Å². The van der Waals surface area contributed by atoms with Crippen molar-refractivity contribution >= 4 is 29.1 Å². The van der Waals surface area contributed by atoms with Crippen LogP contribution in [-0.2, 0) is 6.54 Å². The lowest BCUT2D eigenvalue weighted by atomic mass is 10.1. The molecular formula is C13H19ClN2S. The molecule has 94 valence electrons. The summed E-state index contributed by atoms with van der Waals surface area (Å²) in [6.45, 7) is 7.72. The summed E-state index contributed by atoms with van der Waals surface area (Å²) < 4.78 is 0. The average molecular weight is 271 g/mol. The number of thioether (sulfide) groups is 1. The monoisotopic (exact) mass is 270 g/mol. The fourth-order valence-electron chi connectivity index (χ4n) is 2.37. The topological polar surface area (TPSA) is 29.3 Å². The summed E-state index contributed by atoms with van der Waals surface area (Å²) in [7, 11) is 0. The van der Waals surface area contributed by atoms with E-state index in [-0.39, 0.29) is 0 Å². The first-order valence-corrected chi connectivity index (χ1v) is 7.28. The molecule has 1 aliphatic heterocycles. The Labute approximate surface area is 113 Å². The lowest BCUT2D eigenvalue weighted by molar-refractivity contribution is 0.263. The van der Waals surface area contributed by atoms with E-state index in [0.717, 1.165) is 35.9 Å². The number of nitrogens with zero attached hydrogens (tertiary/aromatic N) is 1. The van der Waals surface area contributed by atoms with E-state index in [0.29, 0.717) is 10.5 Å². The van der Waals surface area contributed by atoms with Gasteiger partial charge in [0.1, 0.15) is 0 Å². The number of rotatable bonds is 2. The van der Waals surface area contributed by atoms with E-state index in [9.17, 15) is 0 Å². The van der Waals surface area contributed by atoms with Crippen molar-refractivity contribution in [3.8, 4) is 0 Å². The van der Waals surface area contributed by atoms with E-state index in [1.54, 1.807) is 0 Å². The molecule has 17 heavy (non-hydrogen) atoms. The lowest BCUT2D eigenvalue weighted by Crippen LogP contribution is -2.39. The number of benzene rings is 1. The van der Waals surface area contributed by atoms with Gasteiger partial charge < -0.3 is 5.73 Å². The van der Waals surface area contributed by atoms with Gasteiger partial charge in [-0.2, -0.15) is 11.8 Å². The Morgan fingerprint density at radius 3 is 2.65 bits per heavy atom. The number of halogens is 1. The first-order chi connectivity index (χ1) is 8.04. The maximum absolute atomic E-state index is 6.20. The molecule has 2 nitrogen and oxygen atoms in total. The van der Waals surface area contributed by atoms with Crippen molar-refractivity contribution < 1.29 is 0 Å². The Balaban J connectivity index is 2.07. The largest absolute Gasteiger partial charge is 0.399 e. The van der Waals surface area contributed by atoms with Crippen molar-refractivity contribution in [2.75, 3.05) is 18.8 Å². The molecule has 1 aromatic carbocycles. The molecule has 2 N–H and O–H groups in total. The third kappa shape index (κ3) is 3.54. The quantitative estimate of drug-likeness (QED) is 0.837. The summed E-state index contributed by atoms with van der Waals surface area (Å²) in [6.07, 6.45) is 0. The van der Waals surface area contributed by atoms with E-state index in [2.05, 4.69) is 30.5 Å².